The van der Waals surface area contributed by atoms with Crippen LogP contribution in [0, 0.1) is 0 Å². The van der Waals surface area contributed by atoms with Crippen molar-refractivity contribution in [3.8, 4) is 45.3 Å². The van der Waals surface area contributed by atoms with Crippen molar-refractivity contribution in [3.05, 3.63) is 140 Å². The summed E-state index contributed by atoms with van der Waals surface area (Å²) < 4.78 is 12.7. The molecule has 6 aromatic carbocycles. The molecule has 9 rings (SSSR count). The molecule has 0 aliphatic rings. The molecule has 0 aliphatic heterocycles. The van der Waals surface area contributed by atoms with Crippen molar-refractivity contribution < 1.29 is 8.83 Å². The normalized spacial score (nSPS) is 11.6. The number of benzene rings is 6. The Balaban J connectivity index is 1.24. The van der Waals surface area contributed by atoms with Gasteiger partial charge in [0.1, 0.15) is 22.3 Å². The van der Waals surface area contributed by atoms with Crippen LogP contribution in [0.4, 0.5) is 0 Å². The molecule has 0 saturated heterocycles. The highest BCUT2D eigenvalue weighted by Gasteiger charge is 2.19. The Morgan fingerprint density at radius 1 is 0.341 bits per heavy atom. The number of aromatic nitrogens is 3. The van der Waals surface area contributed by atoms with E-state index in [1.807, 2.05) is 84.9 Å². The van der Waals surface area contributed by atoms with Gasteiger partial charge >= 0.3 is 0 Å². The summed E-state index contributed by atoms with van der Waals surface area (Å²) in [4.78, 5) is 14.9. The SMILES string of the molecule is c1ccc(-c2ccc3oc4c(-c5nc(-c6ccccc6)nc(-c6ccc7c(c6)oc6ccccc67)n5)cccc4c3c2)cc1. The van der Waals surface area contributed by atoms with Crippen LogP contribution in [-0.2, 0) is 0 Å². The summed E-state index contributed by atoms with van der Waals surface area (Å²) >= 11 is 0. The zero-order valence-electron chi connectivity index (χ0n) is 23.4. The van der Waals surface area contributed by atoms with Gasteiger partial charge in [-0.3, -0.25) is 0 Å². The molecule has 0 aliphatic carbocycles. The quantitative estimate of drug-likeness (QED) is 0.212. The highest BCUT2D eigenvalue weighted by Crippen LogP contribution is 2.38. The Kier molecular flexibility index (Phi) is 5.43. The molecule has 44 heavy (non-hydrogen) atoms. The first-order valence-electron chi connectivity index (χ1n) is 14.5. The number of hydrogen-bond donors (Lipinski definition) is 0. The molecule has 0 spiro atoms. The van der Waals surface area contributed by atoms with Gasteiger partial charge in [-0.15, -0.1) is 0 Å². The van der Waals surface area contributed by atoms with Gasteiger partial charge < -0.3 is 8.83 Å². The highest BCUT2D eigenvalue weighted by molar-refractivity contribution is 6.10. The van der Waals surface area contributed by atoms with Gasteiger partial charge in [0.05, 0.1) is 5.56 Å². The van der Waals surface area contributed by atoms with Gasteiger partial charge in [-0.05, 0) is 47.5 Å². The molecule has 0 saturated carbocycles. The third kappa shape index (κ3) is 3.98. The van der Waals surface area contributed by atoms with Crippen molar-refractivity contribution in [3.63, 3.8) is 0 Å². The predicted octanol–water partition coefficient (Wildman–Crippen LogP) is 10.3. The maximum Gasteiger partial charge on any atom is 0.167 e. The second kappa shape index (κ2) is 9.75. The average molecular weight is 566 g/mol. The first kappa shape index (κ1) is 24.5. The molecule has 0 N–H and O–H groups in total. The van der Waals surface area contributed by atoms with E-state index in [4.69, 9.17) is 23.8 Å². The minimum absolute atomic E-state index is 0.548. The molecular formula is C39H23N3O2. The molecule has 3 aromatic heterocycles. The van der Waals surface area contributed by atoms with E-state index < -0.39 is 0 Å². The Hall–Kier alpha value is -6.07. The van der Waals surface area contributed by atoms with Gasteiger partial charge in [0.15, 0.2) is 17.5 Å². The third-order valence-corrected chi connectivity index (χ3v) is 8.15. The largest absolute Gasteiger partial charge is 0.456 e. The van der Waals surface area contributed by atoms with Crippen LogP contribution >= 0.6 is 0 Å². The smallest absolute Gasteiger partial charge is 0.167 e. The lowest BCUT2D eigenvalue weighted by molar-refractivity contribution is 0.668. The fraction of sp³-hybridized carbons (Fsp3) is 0. The standard InChI is InChI=1S/C39H23N3O2/c1-3-10-24(11-4-1)26-19-21-34-32(22-26)30-15-9-16-31(36(30)44-34)39-41-37(25-12-5-2-6-13-25)40-38(42-39)27-18-20-29-28-14-7-8-17-33(28)43-35(29)23-27/h1-23H. The van der Waals surface area contributed by atoms with E-state index >= 15 is 0 Å². The van der Waals surface area contributed by atoms with Crippen LogP contribution in [0.3, 0.4) is 0 Å². The molecule has 0 bridgehead atoms. The molecule has 206 valence electrons. The number of furan rings is 2. The van der Waals surface area contributed by atoms with Crippen LogP contribution in [-0.4, -0.2) is 15.0 Å². The van der Waals surface area contributed by atoms with Crippen molar-refractivity contribution in [1.29, 1.82) is 0 Å². The molecule has 9 aromatic rings. The number of fused-ring (bicyclic) bond motifs is 6. The minimum Gasteiger partial charge on any atom is -0.456 e. The highest BCUT2D eigenvalue weighted by atomic mass is 16.3. The van der Waals surface area contributed by atoms with E-state index in [0.717, 1.165) is 71.7 Å². The molecule has 0 atom stereocenters. The zero-order valence-corrected chi connectivity index (χ0v) is 23.4. The molecule has 5 heteroatoms. The summed E-state index contributed by atoms with van der Waals surface area (Å²) in [6, 6.07) is 47.0. The monoisotopic (exact) mass is 565 g/mol. The van der Waals surface area contributed by atoms with Crippen LogP contribution in [0.2, 0.25) is 0 Å². The van der Waals surface area contributed by atoms with Gasteiger partial charge in [0.25, 0.3) is 0 Å². The molecule has 0 fully saturated rings. The van der Waals surface area contributed by atoms with Crippen LogP contribution in [0.5, 0.6) is 0 Å². The summed E-state index contributed by atoms with van der Waals surface area (Å²) in [6.45, 7) is 0. The van der Waals surface area contributed by atoms with Gasteiger partial charge in [0.2, 0.25) is 0 Å². The van der Waals surface area contributed by atoms with E-state index in [1.54, 1.807) is 0 Å². The van der Waals surface area contributed by atoms with Gasteiger partial charge in [-0.2, -0.15) is 0 Å². The van der Waals surface area contributed by atoms with Crippen molar-refractivity contribution in [2.45, 2.75) is 0 Å². The van der Waals surface area contributed by atoms with Gasteiger partial charge in [-0.1, -0.05) is 103 Å². The van der Waals surface area contributed by atoms with Gasteiger partial charge in [-0.25, -0.2) is 15.0 Å². The Bertz CT molecular complexity index is 2500. The van der Waals surface area contributed by atoms with Crippen LogP contribution in [0.25, 0.3) is 89.2 Å². The van der Waals surface area contributed by atoms with Crippen molar-refractivity contribution >= 4 is 43.9 Å². The Labute approximate surface area is 252 Å². The van der Waals surface area contributed by atoms with E-state index in [1.165, 1.54) is 0 Å². The average Bonchev–Trinajstić information content (AvgIpc) is 3.66. The number of rotatable bonds is 4. The molecule has 0 unspecified atom stereocenters. The predicted molar refractivity (Wildman–Crippen MR) is 176 cm³/mol. The zero-order chi connectivity index (χ0) is 29.0. The Morgan fingerprint density at radius 2 is 0.977 bits per heavy atom. The van der Waals surface area contributed by atoms with Crippen LogP contribution < -0.4 is 0 Å². The van der Waals surface area contributed by atoms with Crippen molar-refractivity contribution in [2.24, 2.45) is 0 Å². The second-order valence-electron chi connectivity index (χ2n) is 10.8. The Morgan fingerprint density at radius 3 is 1.82 bits per heavy atom. The fourth-order valence-electron chi connectivity index (χ4n) is 5.99. The van der Waals surface area contributed by atoms with E-state index in [-0.39, 0.29) is 0 Å². The maximum absolute atomic E-state index is 6.50. The number of hydrogen-bond acceptors (Lipinski definition) is 5. The van der Waals surface area contributed by atoms with Crippen LogP contribution in [0.1, 0.15) is 0 Å². The number of nitrogens with zero attached hydrogens (tertiary/aromatic N) is 3. The lowest BCUT2D eigenvalue weighted by Crippen LogP contribution is -2.00. The molecular weight excluding hydrogens is 542 g/mol. The van der Waals surface area contributed by atoms with Crippen molar-refractivity contribution in [1.82, 2.24) is 15.0 Å². The molecule has 0 radical (unpaired) electrons. The first-order chi connectivity index (χ1) is 21.8. The van der Waals surface area contributed by atoms with E-state index in [0.29, 0.717) is 17.5 Å². The summed E-state index contributed by atoms with van der Waals surface area (Å²) in [5.74, 6) is 1.71. The lowest BCUT2D eigenvalue weighted by atomic mass is 10.0. The van der Waals surface area contributed by atoms with Gasteiger partial charge in [0, 0.05) is 32.7 Å². The maximum atomic E-state index is 6.50. The minimum atomic E-state index is 0.548. The number of para-hydroxylation sites is 2. The topological polar surface area (TPSA) is 65.0 Å². The van der Waals surface area contributed by atoms with Crippen molar-refractivity contribution in [2.75, 3.05) is 0 Å². The first-order valence-corrected chi connectivity index (χ1v) is 14.5. The lowest BCUT2D eigenvalue weighted by Gasteiger charge is -2.08. The van der Waals surface area contributed by atoms with E-state index in [2.05, 4.69) is 54.6 Å². The summed E-state index contributed by atoms with van der Waals surface area (Å²) in [5.41, 5.74) is 8.08. The summed E-state index contributed by atoms with van der Waals surface area (Å²) in [7, 11) is 0. The molecule has 0 amide bonds. The summed E-state index contributed by atoms with van der Waals surface area (Å²) in [6.07, 6.45) is 0. The molecule has 5 nitrogen and oxygen atoms in total. The summed E-state index contributed by atoms with van der Waals surface area (Å²) in [5, 5.41) is 4.21. The van der Waals surface area contributed by atoms with Crippen LogP contribution in [0.15, 0.2) is 148 Å². The third-order valence-electron chi connectivity index (χ3n) is 8.15. The fourth-order valence-corrected chi connectivity index (χ4v) is 5.99. The second-order valence-corrected chi connectivity index (χ2v) is 10.8. The molecule has 3 heterocycles. The van der Waals surface area contributed by atoms with E-state index in [9.17, 15) is 0 Å².